The van der Waals surface area contributed by atoms with E-state index in [4.69, 9.17) is 22.0 Å². The molecular formula is C13H15ClN2O4S. The highest BCUT2D eigenvalue weighted by Crippen LogP contribution is 2.20. The van der Waals surface area contributed by atoms with Gasteiger partial charge in [0.25, 0.3) is 0 Å². The number of nitrogens with zero attached hydrogens (tertiary/aromatic N) is 1. The van der Waals surface area contributed by atoms with Gasteiger partial charge in [0, 0.05) is 5.02 Å². The molecule has 0 aliphatic carbocycles. The van der Waals surface area contributed by atoms with Gasteiger partial charge in [0.05, 0.1) is 10.5 Å². The molecule has 0 heterocycles. The van der Waals surface area contributed by atoms with E-state index in [1.807, 2.05) is 0 Å². The van der Waals surface area contributed by atoms with Crippen molar-refractivity contribution in [1.82, 2.24) is 4.72 Å². The monoisotopic (exact) mass is 330 g/mol. The Labute approximate surface area is 128 Å². The number of sulfonamides is 1. The smallest absolute Gasteiger partial charge is 0.321 e. The van der Waals surface area contributed by atoms with Crippen molar-refractivity contribution in [1.29, 1.82) is 5.26 Å². The van der Waals surface area contributed by atoms with E-state index in [2.05, 4.69) is 4.72 Å². The third-order valence-corrected chi connectivity index (χ3v) is 4.42. The van der Waals surface area contributed by atoms with Crippen LogP contribution in [0, 0.1) is 17.2 Å². The number of rotatable bonds is 6. The van der Waals surface area contributed by atoms with Crippen LogP contribution in [0.25, 0.3) is 0 Å². The molecule has 6 nitrogen and oxygen atoms in total. The molecule has 1 aromatic rings. The van der Waals surface area contributed by atoms with Crippen LogP contribution < -0.4 is 4.72 Å². The number of hydrogen-bond donors (Lipinski definition) is 2. The summed E-state index contributed by atoms with van der Waals surface area (Å²) < 4.78 is 26.6. The van der Waals surface area contributed by atoms with Crippen LogP contribution in [0.1, 0.15) is 25.8 Å². The fraction of sp³-hybridized carbons (Fsp3) is 0.385. The molecule has 0 radical (unpaired) electrons. The molecule has 114 valence electrons. The molecule has 0 spiro atoms. The van der Waals surface area contributed by atoms with E-state index >= 15 is 0 Å². The fourth-order valence-corrected chi connectivity index (χ4v) is 3.26. The lowest BCUT2D eigenvalue weighted by molar-refractivity contribution is -0.139. The van der Waals surface area contributed by atoms with E-state index in [1.54, 1.807) is 19.9 Å². The molecule has 0 saturated heterocycles. The van der Waals surface area contributed by atoms with Crippen LogP contribution in [-0.2, 0) is 14.8 Å². The van der Waals surface area contributed by atoms with Crippen LogP contribution in [0.4, 0.5) is 0 Å². The largest absolute Gasteiger partial charge is 0.480 e. The lowest BCUT2D eigenvalue weighted by Gasteiger charge is -2.17. The molecule has 0 amide bonds. The molecule has 1 aromatic carbocycles. The van der Waals surface area contributed by atoms with E-state index < -0.39 is 22.0 Å². The van der Waals surface area contributed by atoms with Crippen LogP contribution in [0.3, 0.4) is 0 Å². The van der Waals surface area contributed by atoms with Crippen molar-refractivity contribution in [3.63, 3.8) is 0 Å². The van der Waals surface area contributed by atoms with Gasteiger partial charge in [-0.3, -0.25) is 4.79 Å². The Kier molecular flexibility index (Phi) is 5.72. The van der Waals surface area contributed by atoms with Gasteiger partial charge in [-0.25, -0.2) is 8.42 Å². The summed E-state index contributed by atoms with van der Waals surface area (Å²) in [4.78, 5) is 10.9. The second kappa shape index (κ2) is 6.89. The van der Waals surface area contributed by atoms with Crippen molar-refractivity contribution in [3.8, 4) is 6.07 Å². The molecule has 0 bridgehead atoms. The molecule has 1 atom stereocenters. The zero-order valence-electron chi connectivity index (χ0n) is 11.5. The predicted molar refractivity (Wildman–Crippen MR) is 77.4 cm³/mol. The van der Waals surface area contributed by atoms with Gasteiger partial charge in [-0.1, -0.05) is 25.4 Å². The van der Waals surface area contributed by atoms with Crippen LogP contribution in [0.15, 0.2) is 23.1 Å². The van der Waals surface area contributed by atoms with Crippen LogP contribution in [-0.4, -0.2) is 25.5 Å². The maximum Gasteiger partial charge on any atom is 0.321 e. The van der Waals surface area contributed by atoms with Gasteiger partial charge in [0.2, 0.25) is 10.0 Å². The average molecular weight is 331 g/mol. The van der Waals surface area contributed by atoms with Crippen molar-refractivity contribution in [3.05, 3.63) is 28.8 Å². The minimum absolute atomic E-state index is 0.00513. The minimum atomic E-state index is -4.12. The number of hydrogen-bond acceptors (Lipinski definition) is 4. The first-order valence-corrected chi connectivity index (χ1v) is 7.98. The van der Waals surface area contributed by atoms with Gasteiger partial charge in [-0.15, -0.1) is 0 Å². The quantitative estimate of drug-likeness (QED) is 0.829. The third kappa shape index (κ3) is 4.70. The first-order valence-electron chi connectivity index (χ1n) is 6.12. The second-order valence-corrected chi connectivity index (χ2v) is 7.01. The number of carboxylic acid groups (broad SMARTS) is 1. The van der Waals surface area contributed by atoms with E-state index in [0.717, 1.165) is 0 Å². The van der Waals surface area contributed by atoms with E-state index in [0.29, 0.717) is 0 Å². The van der Waals surface area contributed by atoms with Crippen LogP contribution in [0.2, 0.25) is 5.02 Å². The number of carbonyl (C=O) groups is 1. The van der Waals surface area contributed by atoms with Crippen molar-refractivity contribution >= 4 is 27.6 Å². The summed E-state index contributed by atoms with van der Waals surface area (Å²) >= 11 is 5.71. The lowest BCUT2D eigenvalue weighted by Crippen LogP contribution is -2.41. The van der Waals surface area contributed by atoms with Gasteiger partial charge in [0.15, 0.2) is 0 Å². The Morgan fingerprint density at radius 1 is 1.48 bits per heavy atom. The molecule has 1 rings (SSSR count). The molecule has 1 unspecified atom stereocenters. The fourth-order valence-electron chi connectivity index (χ4n) is 1.75. The molecule has 0 aliphatic rings. The van der Waals surface area contributed by atoms with Crippen molar-refractivity contribution < 1.29 is 18.3 Å². The number of halogens is 1. The number of carboxylic acids is 1. The summed E-state index contributed by atoms with van der Waals surface area (Å²) in [5.41, 5.74) is -0.135. The highest BCUT2D eigenvalue weighted by atomic mass is 35.5. The van der Waals surface area contributed by atoms with Gasteiger partial charge >= 0.3 is 5.97 Å². The number of benzene rings is 1. The van der Waals surface area contributed by atoms with Crippen molar-refractivity contribution in [2.45, 2.75) is 31.2 Å². The second-order valence-electron chi connectivity index (χ2n) is 4.89. The normalized spacial score (nSPS) is 12.9. The van der Waals surface area contributed by atoms with Gasteiger partial charge < -0.3 is 5.11 Å². The number of nitriles is 1. The van der Waals surface area contributed by atoms with Crippen LogP contribution >= 0.6 is 11.6 Å². The van der Waals surface area contributed by atoms with Gasteiger partial charge in [-0.2, -0.15) is 9.98 Å². The van der Waals surface area contributed by atoms with Crippen LogP contribution in [0.5, 0.6) is 0 Å². The molecule has 0 aromatic heterocycles. The maximum absolute atomic E-state index is 12.3. The Morgan fingerprint density at radius 2 is 2.10 bits per heavy atom. The number of nitrogens with one attached hydrogen (secondary N) is 1. The van der Waals surface area contributed by atoms with E-state index in [1.165, 1.54) is 18.2 Å². The van der Waals surface area contributed by atoms with Gasteiger partial charge in [-0.05, 0) is 30.5 Å². The summed E-state index contributed by atoms with van der Waals surface area (Å²) in [6.45, 7) is 3.57. The highest BCUT2D eigenvalue weighted by molar-refractivity contribution is 7.89. The summed E-state index contributed by atoms with van der Waals surface area (Å²) in [5.74, 6) is -1.27. The SMILES string of the molecule is CC(C)CC(NS(=O)(=O)c1ccc(Cl)cc1C#N)C(=O)O. The Hall–Kier alpha value is -1.62. The first-order chi connectivity index (χ1) is 9.67. The summed E-state index contributed by atoms with van der Waals surface area (Å²) in [5, 5.41) is 18.3. The molecule has 0 fully saturated rings. The summed E-state index contributed by atoms with van der Waals surface area (Å²) in [6, 6.07) is 4.21. The zero-order chi connectivity index (χ0) is 16.2. The topological polar surface area (TPSA) is 107 Å². The third-order valence-electron chi connectivity index (χ3n) is 2.65. The van der Waals surface area contributed by atoms with E-state index in [-0.39, 0.29) is 27.8 Å². The maximum atomic E-state index is 12.3. The first kappa shape index (κ1) is 17.4. The standard InChI is InChI=1S/C13H15ClN2O4S/c1-8(2)5-11(13(17)18)16-21(19,20)12-4-3-10(14)6-9(12)7-15/h3-4,6,8,11,16H,5H2,1-2H3,(H,17,18). The molecule has 0 aliphatic heterocycles. The summed E-state index contributed by atoms with van der Waals surface area (Å²) in [7, 11) is -4.12. The minimum Gasteiger partial charge on any atom is -0.480 e. The molecule has 8 heteroatoms. The zero-order valence-corrected chi connectivity index (χ0v) is 13.1. The molecule has 21 heavy (non-hydrogen) atoms. The Morgan fingerprint density at radius 3 is 2.57 bits per heavy atom. The van der Waals surface area contributed by atoms with Crippen molar-refractivity contribution in [2.75, 3.05) is 0 Å². The van der Waals surface area contributed by atoms with Gasteiger partial charge in [0.1, 0.15) is 12.1 Å². The lowest BCUT2D eigenvalue weighted by atomic mass is 10.1. The van der Waals surface area contributed by atoms with Crippen molar-refractivity contribution in [2.24, 2.45) is 5.92 Å². The predicted octanol–water partition coefficient (Wildman–Crippen LogP) is 1.99. The average Bonchev–Trinajstić information content (AvgIpc) is 2.36. The molecule has 2 N–H and O–H groups in total. The Bertz CT molecular complexity index is 680. The molecule has 0 saturated carbocycles. The number of aliphatic carboxylic acids is 1. The highest BCUT2D eigenvalue weighted by Gasteiger charge is 2.27. The molecular weight excluding hydrogens is 316 g/mol. The Balaban J connectivity index is 3.17. The van der Waals surface area contributed by atoms with E-state index in [9.17, 15) is 13.2 Å². The summed E-state index contributed by atoms with van der Waals surface area (Å²) in [6.07, 6.45) is 0.143.